The first-order valence-corrected chi connectivity index (χ1v) is 6.53. The number of fused-ring (bicyclic) bond motifs is 1. The molecule has 0 saturated carbocycles. The molecule has 4 heteroatoms. The first kappa shape index (κ1) is 11.8. The van der Waals surface area contributed by atoms with Crippen molar-refractivity contribution < 1.29 is 14.0 Å². The van der Waals surface area contributed by atoms with Gasteiger partial charge in [-0.05, 0) is 45.5 Å². The highest BCUT2D eigenvalue weighted by Crippen LogP contribution is 2.43. The van der Waals surface area contributed by atoms with Gasteiger partial charge in [0.05, 0.1) is 24.4 Å². The summed E-state index contributed by atoms with van der Waals surface area (Å²) in [4.78, 5) is 0. The maximum atomic E-state index is 6.08. The lowest BCUT2D eigenvalue weighted by molar-refractivity contribution is 0.00578. The molecule has 3 aliphatic rings. The average Bonchev–Trinajstić information content (AvgIpc) is 2.77. The van der Waals surface area contributed by atoms with Gasteiger partial charge in [-0.15, -0.1) is 0 Å². The van der Waals surface area contributed by atoms with Crippen LogP contribution in [-0.4, -0.2) is 31.5 Å². The topological polar surface area (TPSA) is 27.7 Å². The molecule has 2 saturated heterocycles. The molecule has 2 atom stereocenters. The van der Waals surface area contributed by atoms with Gasteiger partial charge in [-0.3, -0.25) is 0 Å². The second-order valence-corrected chi connectivity index (χ2v) is 6.50. The van der Waals surface area contributed by atoms with E-state index in [0.717, 1.165) is 19.6 Å². The summed E-state index contributed by atoms with van der Waals surface area (Å²) >= 11 is 0. The summed E-state index contributed by atoms with van der Waals surface area (Å²) in [7, 11) is -0.148. The van der Waals surface area contributed by atoms with Gasteiger partial charge in [0.15, 0.2) is 0 Å². The van der Waals surface area contributed by atoms with Crippen LogP contribution < -0.4 is 0 Å². The van der Waals surface area contributed by atoms with Crippen molar-refractivity contribution in [1.82, 2.24) is 0 Å². The van der Waals surface area contributed by atoms with Gasteiger partial charge in [0.1, 0.15) is 0 Å². The van der Waals surface area contributed by atoms with E-state index in [1.54, 1.807) is 0 Å². The molecule has 0 spiro atoms. The highest BCUT2D eigenvalue weighted by Gasteiger charge is 2.53. The summed E-state index contributed by atoms with van der Waals surface area (Å²) in [6, 6.07) is 0. The highest BCUT2D eigenvalue weighted by atomic mass is 16.7. The smallest absolute Gasteiger partial charge is 0.400 e. The number of ether oxygens (including phenoxy) is 1. The number of hydrogen-bond acceptors (Lipinski definition) is 3. The van der Waals surface area contributed by atoms with Crippen molar-refractivity contribution in [3.63, 3.8) is 0 Å². The van der Waals surface area contributed by atoms with Crippen LogP contribution in [0.1, 0.15) is 34.1 Å². The molecule has 2 aliphatic heterocycles. The van der Waals surface area contributed by atoms with E-state index >= 15 is 0 Å². The second kappa shape index (κ2) is 3.59. The maximum Gasteiger partial charge on any atom is 0.490 e. The zero-order valence-electron chi connectivity index (χ0n) is 11.2. The van der Waals surface area contributed by atoms with Gasteiger partial charge in [0, 0.05) is 5.92 Å². The quantitative estimate of drug-likeness (QED) is 0.653. The number of allylic oxidation sites excluding steroid dienone is 1. The Balaban J connectivity index is 1.76. The lowest BCUT2D eigenvalue weighted by atomic mass is 9.77. The molecule has 17 heavy (non-hydrogen) atoms. The normalized spacial score (nSPS) is 38.4. The molecule has 0 bridgehead atoms. The fourth-order valence-electron chi connectivity index (χ4n) is 2.82. The molecule has 0 amide bonds. The molecule has 0 N–H and O–H groups in total. The first-order chi connectivity index (χ1) is 7.89. The van der Waals surface area contributed by atoms with Gasteiger partial charge < -0.3 is 14.0 Å². The fraction of sp³-hybridized carbons (Fsp3) is 0.846. The van der Waals surface area contributed by atoms with Gasteiger partial charge in [-0.25, -0.2) is 0 Å². The SMILES string of the molecule is CC1(C)OB(C2=C[C@H]3COC[C@@H]3C2)OC1(C)C. The van der Waals surface area contributed by atoms with Crippen molar-refractivity contribution in [2.45, 2.75) is 45.3 Å². The van der Waals surface area contributed by atoms with E-state index < -0.39 is 0 Å². The predicted octanol–water partition coefficient (Wildman–Crippen LogP) is 2.21. The number of hydrogen-bond donors (Lipinski definition) is 0. The van der Waals surface area contributed by atoms with Crippen LogP contribution in [0.3, 0.4) is 0 Å². The van der Waals surface area contributed by atoms with E-state index in [9.17, 15) is 0 Å². The van der Waals surface area contributed by atoms with Crippen molar-refractivity contribution in [1.29, 1.82) is 0 Å². The summed E-state index contributed by atoms with van der Waals surface area (Å²) in [6.07, 6.45) is 3.39. The Morgan fingerprint density at radius 1 is 1.12 bits per heavy atom. The minimum absolute atomic E-state index is 0.148. The van der Waals surface area contributed by atoms with E-state index in [0.29, 0.717) is 11.8 Å². The van der Waals surface area contributed by atoms with Crippen molar-refractivity contribution >= 4 is 7.12 Å². The van der Waals surface area contributed by atoms with Crippen molar-refractivity contribution in [3.8, 4) is 0 Å². The molecular formula is C13H21BO3. The van der Waals surface area contributed by atoms with Crippen LogP contribution in [0.15, 0.2) is 11.5 Å². The minimum Gasteiger partial charge on any atom is -0.400 e. The van der Waals surface area contributed by atoms with Crippen LogP contribution in [0, 0.1) is 11.8 Å². The zero-order chi connectivity index (χ0) is 12.3. The van der Waals surface area contributed by atoms with E-state index in [1.165, 1.54) is 5.47 Å². The van der Waals surface area contributed by atoms with E-state index in [-0.39, 0.29) is 18.3 Å². The van der Waals surface area contributed by atoms with Crippen molar-refractivity contribution in [2.24, 2.45) is 11.8 Å². The summed E-state index contributed by atoms with van der Waals surface area (Å²) in [6.45, 7) is 10.2. The molecule has 0 aromatic heterocycles. The summed E-state index contributed by atoms with van der Waals surface area (Å²) < 4.78 is 17.6. The molecule has 2 fully saturated rings. The van der Waals surface area contributed by atoms with Crippen LogP contribution >= 0.6 is 0 Å². The Kier molecular flexibility index (Phi) is 2.48. The van der Waals surface area contributed by atoms with Crippen LogP contribution in [0.25, 0.3) is 0 Å². The van der Waals surface area contributed by atoms with Crippen LogP contribution in [0.5, 0.6) is 0 Å². The lowest BCUT2D eigenvalue weighted by Gasteiger charge is -2.32. The third kappa shape index (κ3) is 1.77. The molecule has 0 aromatic carbocycles. The standard InChI is InChI=1S/C13H21BO3/c1-12(2)13(3,4)17-14(16-12)11-5-9-7-15-8-10(9)6-11/h5,9-10H,6-8H2,1-4H3/t9-,10-/m0/s1. The molecule has 94 valence electrons. The highest BCUT2D eigenvalue weighted by molar-refractivity contribution is 6.54. The Morgan fingerprint density at radius 2 is 1.76 bits per heavy atom. The van der Waals surface area contributed by atoms with Crippen LogP contribution in [0.4, 0.5) is 0 Å². The molecule has 0 aromatic rings. The third-order valence-electron chi connectivity index (χ3n) is 4.73. The van der Waals surface area contributed by atoms with Crippen molar-refractivity contribution in [2.75, 3.05) is 13.2 Å². The maximum absolute atomic E-state index is 6.08. The molecule has 3 rings (SSSR count). The van der Waals surface area contributed by atoms with E-state index in [4.69, 9.17) is 14.0 Å². The van der Waals surface area contributed by atoms with Gasteiger partial charge >= 0.3 is 7.12 Å². The average molecular weight is 236 g/mol. The molecule has 0 radical (unpaired) electrons. The van der Waals surface area contributed by atoms with Gasteiger partial charge in [-0.2, -0.15) is 0 Å². The fourth-order valence-corrected chi connectivity index (χ4v) is 2.82. The Hall–Kier alpha value is -0.315. The Morgan fingerprint density at radius 3 is 2.35 bits per heavy atom. The molecule has 1 aliphatic carbocycles. The van der Waals surface area contributed by atoms with Crippen LogP contribution in [-0.2, 0) is 14.0 Å². The molecular weight excluding hydrogens is 215 g/mol. The van der Waals surface area contributed by atoms with Crippen LogP contribution in [0.2, 0.25) is 0 Å². The Labute approximate surface area is 104 Å². The number of rotatable bonds is 1. The lowest BCUT2D eigenvalue weighted by Crippen LogP contribution is -2.41. The summed E-state index contributed by atoms with van der Waals surface area (Å²) in [5.41, 5.74) is 0.862. The molecule has 2 heterocycles. The largest absolute Gasteiger partial charge is 0.490 e. The van der Waals surface area contributed by atoms with Crippen molar-refractivity contribution in [3.05, 3.63) is 11.5 Å². The summed E-state index contributed by atoms with van der Waals surface area (Å²) in [5.74, 6) is 1.24. The first-order valence-electron chi connectivity index (χ1n) is 6.53. The van der Waals surface area contributed by atoms with E-state index in [2.05, 4.69) is 33.8 Å². The second-order valence-electron chi connectivity index (χ2n) is 6.50. The monoisotopic (exact) mass is 236 g/mol. The summed E-state index contributed by atoms with van der Waals surface area (Å²) in [5, 5.41) is 0. The molecule has 3 nitrogen and oxygen atoms in total. The van der Waals surface area contributed by atoms with Gasteiger partial charge in [0.25, 0.3) is 0 Å². The Bertz CT molecular complexity index is 346. The predicted molar refractivity (Wildman–Crippen MR) is 66.6 cm³/mol. The third-order valence-corrected chi connectivity index (χ3v) is 4.73. The van der Waals surface area contributed by atoms with Gasteiger partial charge in [0.2, 0.25) is 0 Å². The minimum atomic E-state index is -0.229. The van der Waals surface area contributed by atoms with Gasteiger partial charge in [-0.1, -0.05) is 6.08 Å². The zero-order valence-corrected chi connectivity index (χ0v) is 11.2. The van der Waals surface area contributed by atoms with E-state index in [1.807, 2.05) is 0 Å². The molecule has 0 unspecified atom stereocenters.